The molecule has 0 saturated heterocycles. The molecule has 1 unspecified atom stereocenters. The van der Waals surface area contributed by atoms with E-state index in [9.17, 15) is 18.3 Å². The molecule has 0 amide bonds. The van der Waals surface area contributed by atoms with E-state index in [1.807, 2.05) is 22.6 Å². The van der Waals surface area contributed by atoms with E-state index in [4.69, 9.17) is 0 Å². The van der Waals surface area contributed by atoms with Gasteiger partial charge in [-0.15, -0.1) is 0 Å². The first-order valence-electron chi connectivity index (χ1n) is 5.48. The second kappa shape index (κ2) is 5.50. The van der Waals surface area contributed by atoms with Gasteiger partial charge in [-0.3, -0.25) is 0 Å². The zero-order valence-electron chi connectivity index (χ0n) is 9.92. The van der Waals surface area contributed by atoms with Crippen LogP contribution < -0.4 is 0 Å². The van der Waals surface area contributed by atoms with Gasteiger partial charge in [-0.1, -0.05) is 6.07 Å². The Kier molecular flexibility index (Phi) is 4.15. The Morgan fingerprint density at radius 1 is 1.00 bits per heavy atom. The monoisotopic (exact) mass is 378 g/mol. The highest BCUT2D eigenvalue weighted by atomic mass is 127. The average Bonchev–Trinajstić information content (AvgIpc) is 2.33. The fourth-order valence-corrected chi connectivity index (χ4v) is 2.53. The Hall–Kier alpha value is -1.08. The lowest BCUT2D eigenvalue weighted by molar-refractivity contribution is 0.213. The number of hydrogen-bond acceptors (Lipinski definition) is 1. The van der Waals surface area contributed by atoms with Crippen molar-refractivity contribution < 1.29 is 18.3 Å². The lowest BCUT2D eigenvalue weighted by atomic mass is 9.99. The maximum absolute atomic E-state index is 13.8. The maximum atomic E-state index is 13.8. The van der Waals surface area contributed by atoms with Gasteiger partial charge in [0.05, 0.1) is 0 Å². The molecular formula is C14H10F3IO. The van der Waals surface area contributed by atoms with E-state index >= 15 is 0 Å². The summed E-state index contributed by atoms with van der Waals surface area (Å²) in [7, 11) is 0. The minimum Gasteiger partial charge on any atom is -0.384 e. The highest BCUT2D eigenvalue weighted by Gasteiger charge is 2.19. The Bertz CT molecular complexity index is 628. The summed E-state index contributed by atoms with van der Waals surface area (Å²) >= 11 is 1.84. The quantitative estimate of drug-likeness (QED) is 0.781. The fourth-order valence-electron chi connectivity index (χ4n) is 1.76. The first kappa shape index (κ1) is 14.3. The molecule has 1 N–H and O–H groups in total. The smallest absolute Gasteiger partial charge is 0.129 e. The van der Waals surface area contributed by atoms with Crippen molar-refractivity contribution in [3.05, 3.63) is 68.0 Å². The van der Waals surface area contributed by atoms with Crippen LogP contribution in [0.2, 0.25) is 0 Å². The standard InChI is InChI=1S/C14H10F3IO/c1-7-4-12(17)10(6-11(7)16)14(19)9-3-2-8(15)5-13(9)18/h2-6,14,19H,1H3. The number of aryl methyl sites for hydroxylation is 1. The van der Waals surface area contributed by atoms with E-state index in [0.717, 1.165) is 12.1 Å². The molecule has 2 rings (SSSR count). The molecule has 0 fully saturated rings. The van der Waals surface area contributed by atoms with Crippen LogP contribution in [0.15, 0.2) is 30.3 Å². The molecule has 2 aromatic carbocycles. The van der Waals surface area contributed by atoms with Crippen molar-refractivity contribution in [3.8, 4) is 0 Å². The van der Waals surface area contributed by atoms with Crippen LogP contribution in [0.3, 0.4) is 0 Å². The van der Waals surface area contributed by atoms with Crippen LogP contribution in [0.5, 0.6) is 0 Å². The van der Waals surface area contributed by atoms with E-state index in [1.54, 1.807) is 0 Å². The average molecular weight is 378 g/mol. The highest BCUT2D eigenvalue weighted by molar-refractivity contribution is 14.1. The fraction of sp³-hybridized carbons (Fsp3) is 0.143. The van der Waals surface area contributed by atoms with Crippen molar-refractivity contribution in [2.24, 2.45) is 0 Å². The van der Waals surface area contributed by atoms with E-state index in [0.29, 0.717) is 9.13 Å². The van der Waals surface area contributed by atoms with Gasteiger partial charge in [-0.2, -0.15) is 0 Å². The van der Waals surface area contributed by atoms with Gasteiger partial charge in [0.15, 0.2) is 0 Å². The van der Waals surface area contributed by atoms with E-state index in [2.05, 4.69) is 0 Å². The summed E-state index contributed by atoms with van der Waals surface area (Å²) in [6.45, 7) is 1.44. The van der Waals surface area contributed by atoms with Gasteiger partial charge in [0, 0.05) is 9.13 Å². The van der Waals surface area contributed by atoms with Crippen LogP contribution in [0.4, 0.5) is 13.2 Å². The lowest BCUT2D eigenvalue weighted by Gasteiger charge is -2.15. The number of halogens is 4. The number of aliphatic hydroxyl groups is 1. The van der Waals surface area contributed by atoms with Gasteiger partial charge >= 0.3 is 0 Å². The molecule has 0 aliphatic carbocycles. The summed E-state index contributed by atoms with van der Waals surface area (Å²) in [6.07, 6.45) is -1.33. The topological polar surface area (TPSA) is 20.2 Å². The highest BCUT2D eigenvalue weighted by Crippen LogP contribution is 2.29. The number of benzene rings is 2. The molecule has 0 aliphatic rings. The van der Waals surface area contributed by atoms with Gasteiger partial charge in [-0.05, 0) is 64.9 Å². The molecule has 19 heavy (non-hydrogen) atoms. The third kappa shape index (κ3) is 2.92. The summed E-state index contributed by atoms with van der Waals surface area (Å²) in [5.74, 6) is -1.73. The molecule has 1 atom stereocenters. The molecule has 5 heteroatoms. The van der Waals surface area contributed by atoms with Gasteiger partial charge < -0.3 is 5.11 Å². The molecule has 0 radical (unpaired) electrons. The molecule has 0 aromatic heterocycles. The Morgan fingerprint density at radius 2 is 1.68 bits per heavy atom. The predicted molar refractivity (Wildman–Crippen MR) is 74.3 cm³/mol. The van der Waals surface area contributed by atoms with E-state index < -0.39 is 23.6 Å². The molecule has 0 saturated carbocycles. The molecule has 2 aromatic rings. The van der Waals surface area contributed by atoms with Gasteiger partial charge in [0.1, 0.15) is 23.6 Å². The molecular weight excluding hydrogens is 368 g/mol. The predicted octanol–water partition coefficient (Wildman–Crippen LogP) is 4.10. The lowest BCUT2D eigenvalue weighted by Crippen LogP contribution is -2.06. The van der Waals surface area contributed by atoms with E-state index in [-0.39, 0.29) is 11.1 Å². The van der Waals surface area contributed by atoms with Gasteiger partial charge in [0.2, 0.25) is 0 Å². The Labute approximate surface area is 122 Å². The number of hydrogen-bond donors (Lipinski definition) is 1. The maximum Gasteiger partial charge on any atom is 0.129 e. The van der Waals surface area contributed by atoms with Crippen LogP contribution in [0, 0.1) is 27.9 Å². The Balaban J connectivity index is 2.49. The second-order valence-electron chi connectivity index (χ2n) is 4.19. The van der Waals surface area contributed by atoms with Crippen LogP contribution in [0.25, 0.3) is 0 Å². The van der Waals surface area contributed by atoms with Crippen molar-refractivity contribution in [1.82, 2.24) is 0 Å². The minimum atomic E-state index is -1.33. The molecule has 0 heterocycles. The molecule has 1 nitrogen and oxygen atoms in total. The third-order valence-corrected chi connectivity index (χ3v) is 3.76. The summed E-state index contributed by atoms with van der Waals surface area (Å²) in [6, 6.07) is 5.75. The largest absolute Gasteiger partial charge is 0.384 e. The summed E-state index contributed by atoms with van der Waals surface area (Å²) in [4.78, 5) is 0. The van der Waals surface area contributed by atoms with Gasteiger partial charge in [-0.25, -0.2) is 13.2 Å². The number of rotatable bonds is 2. The first-order chi connectivity index (χ1) is 8.90. The van der Waals surface area contributed by atoms with Crippen LogP contribution >= 0.6 is 22.6 Å². The van der Waals surface area contributed by atoms with Crippen LogP contribution in [-0.4, -0.2) is 5.11 Å². The molecule has 0 spiro atoms. The second-order valence-corrected chi connectivity index (χ2v) is 5.35. The van der Waals surface area contributed by atoms with Crippen molar-refractivity contribution in [1.29, 1.82) is 0 Å². The zero-order chi connectivity index (χ0) is 14.2. The van der Waals surface area contributed by atoms with Crippen molar-refractivity contribution in [2.45, 2.75) is 13.0 Å². The van der Waals surface area contributed by atoms with Crippen LogP contribution in [0.1, 0.15) is 22.8 Å². The Morgan fingerprint density at radius 3 is 2.32 bits per heavy atom. The SMILES string of the molecule is Cc1cc(F)c(C(O)c2ccc(F)cc2I)cc1F. The number of aliphatic hydroxyl groups excluding tert-OH is 1. The molecule has 100 valence electrons. The first-order valence-corrected chi connectivity index (χ1v) is 6.56. The van der Waals surface area contributed by atoms with E-state index in [1.165, 1.54) is 25.1 Å². The van der Waals surface area contributed by atoms with Gasteiger partial charge in [0.25, 0.3) is 0 Å². The van der Waals surface area contributed by atoms with Crippen molar-refractivity contribution in [3.63, 3.8) is 0 Å². The normalized spacial score (nSPS) is 12.5. The van der Waals surface area contributed by atoms with Crippen molar-refractivity contribution >= 4 is 22.6 Å². The molecule has 0 aliphatic heterocycles. The summed E-state index contributed by atoms with van der Waals surface area (Å²) < 4.78 is 40.7. The minimum absolute atomic E-state index is 0.160. The third-order valence-electron chi connectivity index (χ3n) is 2.83. The zero-order valence-corrected chi connectivity index (χ0v) is 12.1. The van der Waals surface area contributed by atoms with Crippen LogP contribution in [-0.2, 0) is 0 Å². The van der Waals surface area contributed by atoms with Crippen molar-refractivity contribution in [2.75, 3.05) is 0 Å². The summed E-state index contributed by atoms with van der Waals surface area (Å²) in [5.41, 5.74) is 0.346. The molecule has 0 bridgehead atoms. The summed E-state index contributed by atoms with van der Waals surface area (Å²) in [5, 5.41) is 10.1.